The van der Waals surface area contributed by atoms with Gasteiger partial charge in [-0.1, -0.05) is 5.21 Å². The highest BCUT2D eigenvalue weighted by atomic mass is 16.5. The van der Waals surface area contributed by atoms with E-state index in [0.717, 1.165) is 44.1 Å². The largest absolute Gasteiger partial charge is 0.376 e. The lowest BCUT2D eigenvalue weighted by molar-refractivity contribution is -0.0375. The molecule has 0 aromatic carbocycles. The maximum atomic E-state index is 13.0. The van der Waals surface area contributed by atoms with E-state index in [1.54, 1.807) is 10.9 Å². The second-order valence-electron chi connectivity index (χ2n) is 9.88. The maximum absolute atomic E-state index is 13.0. The lowest BCUT2D eigenvalue weighted by atomic mass is 9.77. The van der Waals surface area contributed by atoms with Gasteiger partial charge in [-0.2, -0.15) is 5.10 Å². The molecule has 2 aromatic heterocycles. The number of aromatic nitrogens is 5. The van der Waals surface area contributed by atoms with Crippen LogP contribution in [0.3, 0.4) is 0 Å². The first-order chi connectivity index (χ1) is 14.6. The third kappa shape index (κ3) is 3.55. The highest BCUT2D eigenvalue weighted by Crippen LogP contribution is 2.44. The summed E-state index contributed by atoms with van der Waals surface area (Å²) in [4.78, 5) is 15.0. The molecule has 8 heteroatoms. The summed E-state index contributed by atoms with van der Waals surface area (Å²) in [6.07, 6.45) is 12.9. The number of rotatable bonds is 6. The molecule has 1 aliphatic heterocycles. The van der Waals surface area contributed by atoms with Crippen molar-refractivity contribution >= 4 is 5.91 Å². The van der Waals surface area contributed by atoms with Crippen molar-refractivity contribution in [1.82, 2.24) is 29.7 Å². The molecular weight excluding hydrogens is 380 g/mol. The van der Waals surface area contributed by atoms with Crippen LogP contribution in [0.15, 0.2) is 18.6 Å². The Bertz CT molecular complexity index is 930. The third-order valence-electron chi connectivity index (χ3n) is 7.43. The van der Waals surface area contributed by atoms with Gasteiger partial charge in [0.1, 0.15) is 0 Å². The third-order valence-corrected chi connectivity index (χ3v) is 7.43. The Morgan fingerprint density at radius 3 is 2.63 bits per heavy atom. The number of amides is 1. The van der Waals surface area contributed by atoms with Crippen LogP contribution in [0.1, 0.15) is 66.5 Å². The monoisotopic (exact) mass is 410 g/mol. The zero-order valence-corrected chi connectivity index (χ0v) is 17.6. The minimum absolute atomic E-state index is 0.0984. The molecule has 4 atom stereocenters. The lowest BCUT2D eigenvalue weighted by Crippen LogP contribution is -2.38. The summed E-state index contributed by atoms with van der Waals surface area (Å²) in [6.45, 7) is 2.49. The average molecular weight is 411 g/mol. The van der Waals surface area contributed by atoms with E-state index in [1.807, 2.05) is 18.1 Å². The number of carbonyl (C=O) groups excluding carboxylic acids is 1. The Balaban J connectivity index is 1.19. The van der Waals surface area contributed by atoms with Crippen LogP contribution < -0.4 is 0 Å². The summed E-state index contributed by atoms with van der Waals surface area (Å²) >= 11 is 0. The van der Waals surface area contributed by atoms with Gasteiger partial charge in [0.15, 0.2) is 0 Å². The maximum Gasteiger partial charge on any atom is 0.257 e. The van der Waals surface area contributed by atoms with Crippen LogP contribution in [0.2, 0.25) is 0 Å². The average Bonchev–Trinajstić information content (AvgIpc) is 3.63. The van der Waals surface area contributed by atoms with E-state index in [1.165, 1.54) is 25.7 Å². The number of carbonyl (C=O) groups is 1. The molecule has 4 aliphatic rings. The summed E-state index contributed by atoms with van der Waals surface area (Å²) in [6, 6.07) is 0.221. The lowest BCUT2D eigenvalue weighted by Gasteiger charge is -2.37. The molecule has 2 aromatic rings. The Hall–Kier alpha value is -2.22. The topological polar surface area (TPSA) is 78.1 Å². The van der Waals surface area contributed by atoms with Gasteiger partial charge in [-0.05, 0) is 56.3 Å². The molecule has 0 N–H and O–H groups in total. The van der Waals surface area contributed by atoms with E-state index in [2.05, 4.69) is 26.3 Å². The van der Waals surface area contributed by atoms with Crippen molar-refractivity contribution in [2.45, 2.75) is 56.6 Å². The predicted octanol–water partition coefficient (Wildman–Crippen LogP) is 2.41. The molecule has 160 valence electrons. The molecule has 3 saturated carbocycles. The summed E-state index contributed by atoms with van der Waals surface area (Å²) in [5.74, 6) is 2.44. The number of fused-ring (bicyclic) bond motifs is 1. The molecule has 1 amide bonds. The van der Waals surface area contributed by atoms with E-state index in [0.29, 0.717) is 23.3 Å². The summed E-state index contributed by atoms with van der Waals surface area (Å²) in [7, 11) is 1.85. The molecule has 0 radical (unpaired) electrons. The zero-order valence-electron chi connectivity index (χ0n) is 17.6. The van der Waals surface area contributed by atoms with Crippen LogP contribution in [0, 0.1) is 17.8 Å². The second-order valence-corrected chi connectivity index (χ2v) is 9.88. The van der Waals surface area contributed by atoms with Gasteiger partial charge in [-0.15, -0.1) is 5.10 Å². The minimum atomic E-state index is 0.0984. The Morgan fingerprint density at radius 1 is 1.13 bits per heavy atom. The molecule has 0 bridgehead atoms. The van der Waals surface area contributed by atoms with Crippen molar-refractivity contribution in [3.8, 4) is 0 Å². The number of ether oxygens (including phenoxy) is 1. The standard InChI is InChI=1S/C22H30N6O2/c1-26-9-18(8-23-26)22(29)27-10-16-6-20(28-12-19(24-25-28)15-4-5-15)21(7-17(16)11-27)30-13-14-2-3-14/h8-9,12,14-17,20-21H,2-7,10-11,13H2,1H3/t16-,17+,20-,21-/m1/s1. The highest BCUT2D eigenvalue weighted by Gasteiger charge is 2.45. The molecule has 0 unspecified atom stereocenters. The van der Waals surface area contributed by atoms with Gasteiger partial charge in [0.25, 0.3) is 5.91 Å². The number of aryl methyl sites for hydroxylation is 1. The van der Waals surface area contributed by atoms with Crippen molar-refractivity contribution in [2.75, 3.05) is 19.7 Å². The van der Waals surface area contributed by atoms with E-state index in [9.17, 15) is 4.79 Å². The normalized spacial score (nSPS) is 31.2. The first-order valence-corrected chi connectivity index (χ1v) is 11.5. The first-order valence-electron chi connectivity index (χ1n) is 11.5. The molecule has 30 heavy (non-hydrogen) atoms. The van der Waals surface area contributed by atoms with Crippen molar-refractivity contribution < 1.29 is 9.53 Å². The Kier molecular flexibility index (Phi) is 4.44. The molecule has 1 saturated heterocycles. The molecule has 6 rings (SSSR count). The number of hydrogen-bond acceptors (Lipinski definition) is 5. The summed E-state index contributed by atoms with van der Waals surface area (Å²) in [5, 5.41) is 13.1. The zero-order chi connectivity index (χ0) is 20.2. The fourth-order valence-electron chi connectivity index (χ4n) is 5.29. The Labute approximate surface area is 176 Å². The van der Waals surface area contributed by atoms with Gasteiger partial charge in [-0.25, -0.2) is 4.68 Å². The molecular formula is C22H30N6O2. The van der Waals surface area contributed by atoms with Gasteiger partial charge < -0.3 is 9.64 Å². The quantitative estimate of drug-likeness (QED) is 0.731. The van der Waals surface area contributed by atoms with Gasteiger partial charge >= 0.3 is 0 Å². The molecule has 4 fully saturated rings. The van der Waals surface area contributed by atoms with Crippen LogP contribution in [-0.4, -0.2) is 61.4 Å². The fourth-order valence-corrected chi connectivity index (χ4v) is 5.29. The van der Waals surface area contributed by atoms with Crippen molar-refractivity contribution in [3.05, 3.63) is 29.8 Å². The van der Waals surface area contributed by atoms with Gasteiger partial charge in [0.2, 0.25) is 0 Å². The van der Waals surface area contributed by atoms with Gasteiger partial charge in [0.05, 0.1) is 29.6 Å². The van der Waals surface area contributed by atoms with Crippen LogP contribution in [-0.2, 0) is 11.8 Å². The minimum Gasteiger partial charge on any atom is -0.376 e. The smallest absolute Gasteiger partial charge is 0.257 e. The molecule has 3 heterocycles. The molecule has 8 nitrogen and oxygen atoms in total. The van der Waals surface area contributed by atoms with Crippen molar-refractivity contribution in [2.24, 2.45) is 24.8 Å². The molecule has 3 aliphatic carbocycles. The van der Waals surface area contributed by atoms with E-state index >= 15 is 0 Å². The van der Waals surface area contributed by atoms with Gasteiger partial charge in [-0.3, -0.25) is 9.48 Å². The van der Waals surface area contributed by atoms with Crippen LogP contribution in [0.25, 0.3) is 0 Å². The number of nitrogens with zero attached hydrogens (tertiary/aromatic N) is 6. The fraction of sp³-hybridized carbons (Fsp3) is 0.727. The van der Waals surface area contributed by atoms with E-state index in [-0.39, 0.29) is 18.1 Å². The predicted molar refractivity (Wildman–Crippen MR) is 109 cm³/mol. The molecule has 0 spiro atoms. The van der Waals surface area contributed by atoms with Gasteiger partial charge in [0, 0.05) is 45.1 Å². The van der Waals surface area contributed by atoms with Crippen molar-refractivity contribution in [1.29, 1.82) is 0 Å². The van der Waals surface area contributed by atoms with E-state index in [4.69, 9.17) is 4.74 Å². The number of likely N-dealkylation sites (tertiary alicyclic amines) is 1. The van der Waals surface area contributed by atoms with Crippen LogP contribution >= 0.6 is 0 Å². The summed E-state index contributed by atoms with van der Waals surface area (Å²) in [5.41, 5.74) is 1.82. The van der Waals surface area contributed by atoms with Crippen LogP contribution in [0.5, 0.6) is 0 Å². The van der Waals surface area contributed by atoms with Crippen LogP contribution in [0.4, 0.5) is 0 Å². The highest BCUT2D eigenvalue weighted by molar-refractivity contribution is 5.93. The summed E-state index contributed by atoms with van der Waals surface area (Å²) < 4.78 is 10.2. The van der Waals surface area contributed by atoms with Crippen molar-refractivity contribution in [3.63, 3.8) is 0 Å². The Morgan fingerprint density at radius 2 is 1.93 bits per heavy atom. The number of hydrogen-bond donors (Lipinski definition) is 0. The SMILES string of the molecule is Cn1cc(C(=O)N2C[C@H]3C[C@@H](n4cc(C5CC5)nn4)[C@H](OCC4CC4)C[C@H]3C2)cn1. The van der Waals surface area contributed by atoms with E-state index < -0.39 is 0 Å². The second kappa shape index (κ2) is 7.18. The first kappa shape index (κ1) is 18.5.